The molecular weight excluding hydrogens is 232 g/mol. The maximum atomic E-state index is 5.42. The van der Waals surface area contributed by atoms with Gasteiger partial charge < -0.3 is 0 Å². The highest BCUT2D eigenvalue weighted by molar-refractivity contribution is 9.10. The van der Waals surface area contributed by atoms with Crippen LogP contribution in [0.4, 0.5) is 0 Å². The van der Waals surface area contributed by atoms with Gasteiger partial charge in [0.25, 0.3) is 0 Å². The number of hydrogen-bond donors (Lipinski definition) is 2. The van der Waals surface area contributed by atoms with Crippen LogP contribution in [0.1, 0.15) is 18.5 Å². The van der Waals surface area contributed by atoms with Crippen LogP contribution in [0.25, 0.3) is 0 Å². The first kappa shape index (κ1) is 10.4. The minimum absolute atomic E-state index is 0.0527. The Morgan fingerprint density at radius 3 is 2.77 bits per heavy atom. The minimum atomic E-state index is -0.0527. The zero-order valence-electron chi connectivity index (χ0n) is 7.71. The first-order valence-corrected chi connectivity index (χ1v) is 4.66. The monoisotopic (exact) mass is 244 g/mol. The molecule has 1 heterocycles. The average molecular weight is 245 g/mol. The molecule has 0 radical (unpaired) electrons. The fourth-order valence-electron chi connectivity index (χ4n) is 1.13. The molecule has 3 N–H and O–H groups in total. The summed E-state index contributed by atoms with van der Waals surface area (Å²) in [4.78, 5) is 0. The summed E-state index contributed by atoms with van der Waals surface area (Å²) < 4.78 is 2.65. The number of nitrogens with one attached hydrogen (secondary N) is 1. The number of rotatable bonds is 3. The summed E-state index contributed by atoms with van der Waals surface area (Å²) in [5.74, 6) is 5.42. The van der Waals surface area contributed by atoms with Gasteiger partial charge in [-0.2, -0.15) is 5.10 Å². The maximum absolute atomic E-state index is 5.42. The zero-order chi connectivity index (χ0) is 10.0. The van der Waals surface area contributed by atoms with E-state index in [1.54, 1.807) is 10.9 Å². The van der Waals surface area contributed by atoms with E-state index in [0.717, 1.165) is 15.7 Å². The molecular formula is C8H13BrN4. The molecule has 0 aliphatic rings. The number of nitrogens with zero attached hydrogens (tertiary/aromatic N) is 2. The van der Waals surface area contributed by atoms with Crippen LogP contribution in [-0.4, -0.2) is 9.78 Å². The van der Waals surface area contributed by atoms with Gasteiger partial charge in [-0.25, -0.2) is 5.43 Å². The first-order chi connectivity index (χ1) is 6.07. The van der Waals surface area contributed by atoms with Crippen molar-refractivity contribution in [2.45, 2.75) is 13.0 Å². The number of aromatic nitrogens is 2. The summed E-state index contributed by atoms with van der Waals surface area (Å²) in [6, 6.07) is -0.0527. The summed E-state index contributed by atoms with van der Waals surface area (Å²) in [6.07, 6.45) is 1.77. The van der Waals surface area contributed by atoms with Gasteiger partial charge in [0.1, 0.15) is 4.60 Å². The highest BCUT2D eigenvalue weighted by atomic mass is 79.9. The molecule has 0 amide bonds. The van der Waals surface area contributed by atoms with Crippen LogP contribution in [0.15, 0.2) is 23.0 Å². The fourth-order valence-corrected chi connectivity index (χ4v) is 1.55. The molecule has 0 spiro atoms. The van der Waals surface area contributed by atoms with E-state index in [2.05, 4.69) is 33.0 Å². The van der Waals surface area contributed by atoms with Crippen LogP contribution >= 0.6 is 15.9 Å². The molecule has 13 heavy (non-hydrogen) atoms. The van der Waals surface area contributed by atoms with Gasteiger partial charge in [0.2, 0.25) is 0 Å². The van der Waals surface area contributed by atoms with Crippen LogP contribution in [0.3, 0.4) is 0 Å². The van der Waals surface area contributed by atoms with Crippen molar-refractivity contribution in [3.63, 3.8) is 0 Å². The Balaban J connectivity index is 3.05. The second-order valence-corrected chi connectivity index (χ2v) is 3.71. The lowest BCUT2D eigenvalue weighted by Gasteiger charge is -2.14. The maximum Gasteiger partial charge on any atom is 0.108 e. The van der Waals surface area contributed by atoms with Gasteiger partial charge in [-0.05, 0) is 22.9 Å². The Morgan fingerprint density at radius 2 is 2.46 bits per heavy atom. The molecule has 0 fully saturated rings. The number of halogens is 1. The zero-order valence-corrected chi connectivity index (χ0v) is 9.30. The lowest BCUT2D eigenvalue weighted by atomic mass is 10.1. The Bertz CT molecular complexity index is 318. The molecule has 5 heteroatoms. The molecule has 4 nitrogen and oxygen atoms in total. The Labute approximate surface area is 85.9 Å². The predicted molar refractivity (Wildman–Crippen MR) is 55.8 cm³/mol. The van der Waals surface area contributed by atoms with Crippen molar-refractivity contribution in [1.29, 1.82) is 0 Å². The summed E-state index contributed by atoms with van der Waals surface area (Å²) >= 11 is 3.42. The van der Waals surface area contributed by atoms with Crippen molar-refractivity contribution in [3.8, 4) is 0 Å². The van der Waals surface area contributed by atoms with E-state index < -0.39 is 0 Å². The van der Waals surface area contributed by atoms with E-state index in [1.807, 2.05) is 14.0 Å². The van der Waals surface area contributed by atoms with E-state index in [4.69, 9.17) is 5.84 Å². The van der Waals surface area contributed by atoms with Gasteiger partial charge in [-0.1, -0.05) is 12.2 Å². The van der Waals surface area contributed by atoms with Crippen molar-refractivity contribution >= 4 is 15.9 Å². The van der Waals surface area contributed by atoms with Crippen LogP contribution in [0.2, 0.25) is 0 Å². The van der Waals surface area contributed by atoms with E-state index >= 15 is 0 Å². The molecule has 0 aromatic carbocycles. The molecule has 1 aromatic rings. The van der Waals surface area contributed by atoms with E-state index in [1.165, 1.54) is 0 Å². The molecule has 0 bridgehead atoms. The van der Waals surface area contributed by atoms with Crippen LogP contribution in [0, 0.1) is 0 Å². The van der Waals surface area contributed by atoms with Gasteiger partial charge in [0.15, 0.2) is 0 Å². The van der Waals surface area contributed by atoms with Crippen LogP contribution in [-0.2, 0) is 7.05 Å². The molecule has 0 aliphatic carbocycles. The van der Waals surface area contributed by atoms with Crippen molar-refractivity contribution < 1.29 is 0 Å². The molecule has 72 valence electrons. The van der Waals surface area contributed by atoms with E-state index in [0.29, 0.717) is 0 Å². The van der Waals surface area contributed by atoms with Gasteiger partial charge in [-0.3, -0.25) is 10.5 Å². The van der Waals surface area contributed by atoms with Crippen molar-refractivity contribution in [2.75, 3.05) is 0 Å². The lowest BCUT2D eigenvalue weighted by Crippen LogP contribution is -2.28. The predicted octanol–water partition coefficient (Wildman–Crippen LogP) is 1.26. The molecule has 1 unspecified atom stereocenters. The highest BCUT2D eigenvalue weighted by Crippen LogP contribution is 2.26. The third kappa shape index (κ3) is 1.99. The number of nitrogens with two attached hydrogens (primary N) is 1. The second-order valence-electron chi connectivity index (χ2n) is 2.96. The van der Waals surface area contributed by atoms with Gasteiger partial charge in [0.05, 0.1) is 12.2 Å². The van der Waals surface area contributed by atoms with Crippen molar-refractivity contribution in [1.82, 2.24) is 15.2 Å². The molecule has 0 aliphatic heterocycles. The van der Waals surface area contributed by atoms with Gasteiger partial charge in [-0.15, -0.1) is 0 Å². The molecule has 0 saturated heterocycles. The topological polar surface area (TPSA) is 55.9 Å². The number of aryl methyl sites for hydroxylation is 1. The van der Waals surface area contributed by atoms with Gasteiger partial charge in [0, 0.05) is 12.6 Å². The smallest absolute Gasteiger partial charge is 0.108 e. The normalized spacial score (nSPS) is 12.9. The molecule has 1 aromatic heterocycles. The fraction of sp³-hybridized carbons (Fsp3) is 0.375. The Kier molecular flexibility index (Phi) is 3.24. The number of hydrazine groups is 1. The van der Waals surface area contributed by atoms with E-state index in [-0.39, 0.29) is 6.04 Å². The molecule has 1 atom stereocenters. The van der Waals surface area contributed by atoms with Crippen molar-refractivity contribution in [2.24, 2.45) is 12.9 Å². The van der Waals surface area contributed by atoms with Crippen LogP contribution in [0.5, 0.6) is 0 Å². The third-order valence-corrected chi connectivity index (χ3v) is 2.83. The summed E-state index contributed by atoms with van der Waals surface area (Å²) in [6.45, 7) is 5.77. The van der Waals surface area contributed by atoms with Crippen molar-refractivity contribution in [3.05, 3.63) is 28.5 Å². The largest absolute Gasteiger partial charge is 0.271 e. The SMILES string of the molecule is C=C(C)C(NN)c1cnn(C)c1Br. The minimum Gasteiger partial charge on any atom is -0.271 e. The van der Waals surface area contributed by atoms with Gasteiger partial charge >= 0.3 is 0 Å². The Morgan fingerprint density at radius 1 is 1.85 bits per heavy atom. The average Bonchev–Trinajstić information content (AvgIpc) is 2.37. The lowest BCUT2D eigenvalue weighted by molar-refractivity contribution is 0.622. The summed E-state index contributed by atoms with van der Waals surface area (Å²) in [7, 11) is 1.86. The standard InChI is InChI=1S/C8H13BrN4/c1-5(2)7(12-10)6-4-11-13(3)8(6)9/h4,7,12H,1,10H2,2-3H3. The second kappa shape index (κ2) is 4.04. The van der Waals surface area contributed by atoms with Crippen LogP contribution < -0.4 is 11.3 Å². The van der Waals surface area contributed by atoms with E-state index in [9.17, 15) is 0 Å². The summed E-state index contributed by atoms with van der Waals surface area (Å²) in [5.41, 5.74) is 4.64. The molecule has 0 saturated carbocycles. The Hall–Kier alpha value is -0.650. The first-order valence-electron chi connectivity index (χ1n) is 3.86. The highest BCUT2D eigenvalue weighted by Gasteiger charge is 2.16. The summed E-state index contributed by atoms with van der Waals surface area (Å²) in [5, 5.41) is 4.10. The third-order valence-electron chi connectivity index (χ3n) is 1.86. The number of hydrogen-bond acceptors (Lipinski definition) is 3. The quantitative estimate of drug-likeness (QED) is 0.479. The molecule has 1 rings (SSSR count).